The highest BCUT2D eigenvalue weighted by atomic mass is 14.7. The van der Waals surface area contributed by atoms with Gasteiger partial charge in [-0.15, -0.1) is 0 Å². The first-order valence-electron chi connectivity index (χ1n) is 23.1. The third-order valence-electron chi connectivity index (χ3n) is 14.6. The van der Waals surface area contributed by atoms with Crippen molar-refractivity contribution in [1.82, 2.24) is 19.9 Å². The number of benzene rings is 4. The molecule has 3 fully saturated rings. The van der Waals surface area contributed by atoms with E-state index in [1.165, 1.54) is 22.3 Å². The lowest BCUT2D eigenvalue weighted by atomic mass is 9.55. The van der Waals surface area contributed by atoms with Gasteiger partial charge in [0.2, 0.25) is 0 Å². The first-order chi connectivity index (χ1) is 33.0. The molecule has 0 saturated heterocycles. The fourth-order valence-electron chi connectivity index (χ4n) is 11.7. The van der Waals surface area contributed by atoms with Crippen LogP contribution in [0.5, 0.6) is 0 Å². The Balaban J connectivity index is 1.01. The van der Waals surface area contributed by atoms with E-state index in [0.29, 0.717) is 11.8 Å². The summed E-state index contributed by atoms with van der Waals surface area (Å²) in [6.07, 6.45) is 20.9. The molecule has 0 N–H and O–H groups in total. The summed E-state index contributed by atoms with van der Waals surface area (Å²) in [7, 11) is 0. The molecule has 0 radical (unpaired) electrons. The van der Waals surface area contributed by atoms with Crippen molar-refractivity contribution in [2.45, 2.75) is 60.7 Å². The topological polar surface area (TPSA) is 51.6 Å². The summed E-state index contributed by atoms with van der Waals surface area (Å²) in [4.78, 5) is 16.7. The van der Waals surface area contributed by atoms with Crippen molar-refractivity contribution in [1.29, 1.82) is 0 Å². The minimum Gasteiger partial charge on any atom is -0.265 e. The molecule has 0 amide bonds. The molecule has 4 aromatic carbocycles. The lowest BCUT2D eigenvalue weighted by Gasteiger charge is -2.48. The van der Waals surface area contributed by atoms with Gasteiger partial charge in [-0.05, 0) is 186 Å². The summed E-state index contributed by atoms with van der Waals surface area (Å²) in [6.45, 7) is 0. The van der Waals surface area contributed by atoms with Crippen LogP contribution in [0.25, 0.3) is 0 Å². The average Bonchev–Trinajstić information content (AvgIpc) is 3.58. The number of hydrogen-bond donors (Lipinski definition) is 0. The van der Waals surface area contributed by atoms with Gasteiger partial charge in [-0.2, -0.15) is 0 Å². The minimum absolute atomic E-state index is 0.0308. The zero-order valence-electron chi connectivity index (χ0n) is 37.2. The SMILES string of the molecule is C(#Cc1ccc(C2CC3(c4ccc(C#Cc5ccncc5)cc4)CC4CC(c5ccc(C#Cc6ccncc6)cc5)(C3)CC4(c3ccc(C#Cc4ccncc4)cc3)C2)cc1)c1ccncc1. The van der Waals surface area contributed by atoms with Crippen LogP contribution < -0.4 is 0 Å². The zero-order valence-corrected chi connectivity index (χ0v) is 37.2. The molecule has 4 nitrogen and oxygen atoms in total. The maximum absolute atomic E-state index is 4.17. The fraction of sp³-hybridized carbons (Fsp3) is 0.175. The van der Waals surface area contributed by atoms with E-state index < -0.39 is 0 Å². The predicted molar refractivity (Wildman–Crippen MR) is 266 cm³/mol. The second-order valence-corrected chi connectivity index (χ2v) is 18.6. The second kappa shape index (κ2) is 17.9. The summed E-state index contributed by atoms with van der Waals surface area (Å²) < 4.78 is 0. The first-order valence-corrected chi connectivity index (χ1v) is 23.1. The lowest BCUT2D eigenvalue weighted by molar-refractivity contribution is 0.171. The van der Waals surface area contributed by atoms with Crippen molar-refractivity contribution in [3.05, 3.63) is 262 Å². The molecule has 318 valence electrons. The van der Waals surface area contributed by atoms with E-state index in [1.807, 2.05) is 48.5 Å². The highest BCUT2D eigenvalue weighted by Crippen LogP contribution is 2.72. The van der Waals surface area contributed by atoms with Crippen LogP contribution >= 0.6 is 0 Å². The molecule has 5 atom stereocenters. The molecule has 5 unspecified atom stereocenters. The van der Waals surface area contributed by atoms with Crippen LogP contribution in [0.4, 0.5) is 0 Å². The van der Waals surface area contributed by atoms with Gasteiger partial charge >= 0.3 is 0 Å². The third kappa shape index (κ3) is 8.68. The Hall–Kier alpha value is -8.28. The number of fused-ring (bicyclic) bond motifs is 2. The molecule has 3 aliphatic rings. The number of rotatable bonds is 4. The lowest BCUT2D eigenvalue weighted by Crippen LogP contribution is -2.42. The van der Waals surface area contributed by atoms with Crippen molar-refractivity contribution >= 4 is 0 Å². The summed E-state index contributed by atoms with van der Waals surface area (Å²) in [5.41, 5.74) is 13.4. The molecule has 11 rings (SSSR count). The Kier molecular flexibility index (Phi) is 11.1. The molecule has 3 aliphatic carbocycles. The minimum atomic E-state index is -0.0709. The Morgan fingerprint density at radius 3 is 1.00 bits per heavy atom. The monoisotopic (exact) mass is 858 g/mol. The van der Waals surface area contributed by atoms with Crippen LogP contribution in [0, 0.1) is 53.3 Å². The van der Waals surface area contributed by atoms with E-state index in [-0.39, 0.29) is 16.2 Å². The van der Waals surface area contributed by atoms with E-state index in [0.717, 1.165) is 83.0 Å². The standard InChI is InChI=1S/C63H46N4/c1(5-51-25-33-64-34-26-51)47-9-17-55(18-10-47)56-41-61(57-19-11-48(12-20-57)2-6-52-27-35-65-36-28-52)43-60-44-62(45-61,58-21-13-49(14-22-58)3-7-53-29-37-66-38-30-53)46-63(60,42-56)59-23-15-50(16-24-59)4-8-54-31-39-67-40-32-54/h9-40,56,60H,41-46H2. The molecule has 0 spiro atoms. The highest BCUT2D eigenvalue weighted by Gasteiger charge is 2.65. The quantitative estimate of drug-likeness (QED) is 0.165. The van der Waals surface area contributed by atoms with Crippen LogP contribution in [0.3, 0.4) is 0 Å². The summed E-state index contributed by atoms with van der Waals surface area (Å²) in [5.74, 6) is 27.8. The van der Waals surface area contributed by atoms with Crippen molar-refractivity contribution in [3.63, 3.8) is 0 Å². The van der Waals surface area contributed by atoms with Crippen LogP contribution in [-0.2, 0) is 16.2 Å². The average molecular weight is 859 g/mol. The van der Waals surface area contributed by atoms with Crippen LogP contribution in [0.2, 0.25) is 0 Å². The van der Waals surface area contributed by atoms with E-state index >= 15 is 0 Å². The summed E-state index contributed by atoms with van der Waals surface area (Å²) >= 11 is 0. The first kappa shape index (κ1) is 41.4. The molecule has 0 aliphatic heterocycles. The number of nitrogens with zero attached hydrogens (tertiary/aromatic N) is 4. The highest BCUT2D eigenvalue weighted by molar-refractivity contribution is 5.52. The van der Waals surface area contributed by atoms with Gasteiger partial charge < -0.3 is 0 Å². The molecule has 3 saturated carbocycles. The van der Waals surface area contributed by atoms with Crippen molar-refractivity contribution in [2.24, 2.45) is 5.92 Å². The van der Waals surface area contributed by atoms with Gasteiger partial charge in [-0.1, -0.05) is 95.9 Å². The summed E-state index contributed by atoms with van der Waals surface area (Å²) in [6, 6.07) is 52.6. The largest absolute Gasteiger partial charge is 0.265 e. The molecule has 67 heavy (non-hydrogen) atoms. The van der Waals surface area contributed by atoms with Gasteiger partial charge in [0.1, 0.15) is 0 Å². The molecular weight excluding hydrogens is 813 g/mol. The molecule has 3 bridgehead atoms. The van der Waals surface area contributed by atoms with Crippen molar-refractivity contribution < 1.29 is 0 Å². The zero-order chi connectivity index (χ0) is 44.9. The molecule has 8 aromatic rings. The fourth-order valence-corrected chi connectivity index (χ4v) is 11.7. The second-order valence-electron chi connectivity index (χ2n) is 18.6. The van der Waals surface area contributed by atoms with Crippen LogP contribution in [-0.4, -0.2) is 19.9 Å². The summed E-state index contributed by atoms with van der Waals surface area (Å²) in [5, 5.41) is 0. The van der Waals surface area contributed by atoms with E-state index in [2.05, 4.69) is 164 Å². The predicted octanol–water partition coefficient (Wildman–Crippen LogP) is 11.8. The van der Waals surface area contributed by atoms with E-state index in [4.69, 9.17) is 0 Å². The Morgan fingerprint density at radius 1 is 0.299 bits per heavy atom. The number of hydrogen-bond acceptors (Lipinski definition) is 4. The van der Waals surface area contributed by atoms with Crippen LogP contribution in [0.15, 0.2) is 195 Å². The maximum Gasteiger partial charge on any atom is 0.0280 e. The van der Waals surface area contributed by atoms with Crippen molar-refractivity contribution in [2.75, 3.05) is 0 Å². The molecule has 4 heteroatoms. The molecule has 4 aromatic heterocycles. The Morgan fingerprint density at radius 2 is 0.612 bits per heavy atom. The Labute approximate surface area is 394 Å². The number of pyridine rings is 4. The van der Waals surface area contributed by atoms with Gasteiger partial charge in [0, 0.05) is 94.1 Å². The maximum atomic E-state index is 4.17. The van der Waals surface area contributed by atoms with E-state index in [9.17, 15) is 0 Å². The van der Waals surface area contributed by atoms with Crippen molar-refractivity contribution in [3.8, 4) is 47.4 Å². The van der Waals surface area contributed by atoms with Gasteiger partial charge in [-0.25, -0.2) is 0 Å². The van der Waals surface area contributed by atoms with Gasteiger partial charge in [0.25, 0.3) is 0 Å². The number of aromatic nitrogens is 4. The van der Waals surface area contributed by atoms with Gasteiger partial charge in [0.15, 0.2) is 0 Å². The molecule has 4 heterocycles. The normalized spacial score (nSPS) is 22.0. The smallest absolute Gasteiger partial charge is 0.0280 e. The van der Waals surface area contributed by atoms with E-state index in [1.54, 1.807) is 49.6 Å². The third-order valence-corrected chi connectivity index (χ3v) is 14.6. The van der Waals surface area contributed by atoms with Crippen LogP contribution in [0.1, 0.15) is 111 Å². The van der Waals surface area contributed by atoms with Gasteiger partial charge in [0.05, 0.1) is 0 Å². The molecular formula is C63H46N4. The Bertz CT molecular complexity index is 3280. The van der Waals surface area contributed by atoms with Gasteiger partial charge in [-0.3, -0.25) is 19.9 Å².